The molecule has 106 valence electrons. The first-order valence-electron chi connectivity index (χ1n) is 7.06. The van der Waals surface area contributed by atoms with Crippen molar-refractivity contribution in [1.29, 1.82) is 0 Å². The number of anilines is 1. The molecular formula is C15H23FN2O. The molecule has 0 bridgehead atoms. The van der Waals surface area contributed by atoms with Crippen molar-refractivity contribution < 1.29 is 9.13 Å². The number of nitrogens with zero attached hydrogens (tertiary/aromatic N) is 1. The number of benzene rings is 1. The summed E-state index contributed by atoms with van der Waals surface area (Å²) >= 11 is 0. The molecule has 1 aliphatic heterocycles. The van der Waals surface area contributed by atoms with Gasteiger partial charge in [0.2, 0.25) is 0 Å². The number of ether oxygens (including phenoxy) is 1. The van der Waals surface area contributed by atoms with Crippen LogP contribution in [0.15, 0.2) is 18.2 Å². The third kappa shape index (κ3) is 4.10. The van der Waals surface area contributed by atoms with E-state index in [1.165, 1.54) is 18.6 Å². The molecule has 19 heavy (non-hydrogen) atoms. The van der Waals surface area contributed by atoms with E-state index in [2.05, 4.69) is 17.3 Å². The summed E-state index contributed by atoms with van der Waals surface area (Å²) in [6.45, 7) is 4.71. The fraction of sp³-hybridized carbons (Fsp3) is 0.600. The highest BCUT2D eigenvalue weighted by Gasteiger charge is 2.16. The van der Waals surface area contributed by atoms with Gasteiger partial charge in [-0.3, -0.25) is 0 Å². The van der Waals surface area contributed by atoms with Crippen LogP contribution >= 0.6 is 0 Å². The van der Waals surface area contributed by atoms with Gasteiger partial charge in [0.1, 0.15) is 11.6 Å². The molecule has 1 N–H and O–H groups in total. The lowest BCUT2D eigenvalue weighted by molar-refractivity contribution is 0.339. The third-order valence-corrected chi connectivity index (χ3v) is 3.55. The van der Waals surface area contributed by atoms with Gasteiger partial charge in [0.25, 0.3) is 0 Å². The van der Waals surface area contributed by atoms with Crippen LogP contribution in [0.5, 0.6) is 5.75 Å². The highest BCUT2D eigenvalue weighted by atomic mass is 19.1. The zero-order valence-electron chi connectivity index (χ0n) is 11.8. The Balaban J connectivity index is 2.05. The summed E-state index contributed by atoms with van der Waals surface area (Å²) in [6, 6.07) is 5.15. The largest absolute Gasteiger partial charge is 0.492 e. The predicted octanol–water partition coefficient (Wildman–Crippen LogP) is 3.12. The number of likely N-dealkylation sites (tertiary alicyclic amines) is 1. The molecule has 1 unspecified atom stereocenters. The maximum Gasteiger partial charge on any atom is 0.145 e. The Labute approximate surface area is 114 Å². The van der Waals surface area contributed by atoms with Crippen LogP contribution in [0.1, 0.15) is 26.2 Å². The monoisotopic (exact) mass is 266 g/mol. The Kier molecular flexibility index (Phi) is 5.02. The lowest BCUT2D eigenvalue weighted by atomic mass is 10.1. The van der Waals surface area contributed by atoms with Gasteiger partial charge in [0, 0.05) is 12.1 Å². The van der Waals surface area contributed by atoms with Crippen molar-refractivity contribution in [2.75, 3.05) is 32.1 Å². The molecule has 1 fully saturated rings. The maximum atomic E-state index is 13.3. The number of hydrogen-bond acceptors (Lipinski definition) is 3. The standard InChI is InChI=1S/C15H23FN2O/c1-3-19-15-11-12(16)6-7-14(15)17-13-5-4-9-18(2)10-8-13/h6-7,11,13,17H,3-5,8-10H2,1-2H3. The second-order valence-corrected chi connectivity index (χ2v) is 5.15. The molecule has 2 rings (SSSR count). The second kappa shape index (κ2) is 6.75. The minimum absolute atomic E-state index is 0.255. The summed E-state index contributed by atoms with van der Waals surface area (Å²) < 4.78 is 18.7. The molecule has 1 aromatic carbocycles. The fourth-order valence-corrected chi connectivity index (χ4v) is 2.49. The predicted molar refractivity (Wildman–Crippen MR) is 76.3 cm³/mol. The first kappa shape index (κ1) is 14.1. The van der Waals surface area contributed by atoms with Gasteiger partial charge in [0.05, 0.1) is 12.3 Å². The van der Waals surface area contributed by atoms with E-state index in [1.54, 1.807) is 6.07 Å². The Hall–Kier alpha value is -1.29. The van der Waals surface area contributed by atoms with Gasteiger partial charge in [0.15, 0.2) is 0 Å². The minimum atomic E-state index is -0.255. The van der Waals surface area contributed by atoms with Crippen LogP contribution < -0.4 is 10.1 Å². The van der Waals surface area contributed by atoms with Crippen LogP contribution in [0.25, 0.3) is 0 Å². The smallest absolute Gasteiger partial charge is 0.145 e. The van der Waals surface area contributed by atoms with Crippen molar-refractivity contribution in [2.24, 2.45) is 0 Å². The summed E-state index contributed by atoms with van der Waals surface area (Å²) in [4.78, 5) is 2.36. The average Bonchev–Trinajstić information content (AvgIpc) is 2.58. The second-order valence-electron chi connectivity index (χ2n) is 5.15. The molecule has 1 aromatic rings. The average molecular weight is 266 g/mol. The molecule has 1 saturated heterocycles. The molecule has 1 atom stereocenters. The van der Waals surface area contributed by atoms with Crippen molar-refractivity contribution in [3.63, 3.8) is 0 Å². The van der Waals surface area contributed by atoms with E-state index in [0.717, 1.165) is 31.6 Å². The van der Waals surface area contributed by atoms with E-state index >= 15 is 0 Å². The van der Waals surface area contributed by atoms with E-state index in [4.69, 9.17) is 4.74 Å². The van der Waals surface area contributed by atoms with E-state index in [-0.39, 0.29) is 5.82 Å². The molecule has 4 heteroatoms. The zero-order valence-corrected chi connectivity index (χ0v) is 11.8. The topological polar surface area (TPSA) is 24.5 Å². The SMILES string of the molecule is CCOc1cc(F)ccc1NC1CCCN(C)CC1. The lowest BCUT2D eigenvalue weighted by Crippen LogP contribution is -2.23. The van der Waals surface area contributed by atoms with Gasteiger partial charge in [-0.15, -0.1) is 0 Å². The normalized spacial score (nSPS) is 20.9. The Morgan fingerprint density at radius 3 is 3.00 bits per heavy atom. The summed E-state index contributed by atoms with van der Waals surface area (Å²) in [5.74, 6) is 0.356. The van der Waals surface area contributed by atoms with Gasteiger partial charge in [-0.05, 0) is 58.5 Å². The van der Waals surface area contributed by atoms with Crippen LogP contribution in [0.2, 0.25) is 0 Å². The van der Waals surface area contributed by atoms with Crippen molar-refractivity contribution in [1.82, 2.24) is 4.90 Å². The molecule has 0 spiro atoms. The van der Waals surface area contributed by atoms with Crippen LogP contribution in [0.3, 0.4) is 0 Å². The summed E-state index contributed by atoms with van der Waals surface area (Å²) in [6.07, 6.45) is 3.45. The first-order valence-corrected chi connectivity index (χ1v) is 7.06. The molecule has 0 aliphatic carbocycles. The van der Waals surface area contributed by atoms with Crippen molar-refractivity contribution in [3.05, 3.63) is 24.0 Å². The van der Waals surface area contributed by atoms with E-state index in [0.29, 0.717) is 18.4 Å². The minimum Gasteiger partial charge on any atom is -0.492 e. The van der Waals surface area contributed by atoms with Crippen molar-refractivity contribution in [3.8, 4) is 5.75 Å². The molecule has 0 radical (unpaired) electrons. The van der Waals surface area contributed by atoms with Crippen LogP contribution in [-0.2, 0) is 0 Å². The molecule has 0 amide bonds. The fourth-order valence-electron chi connectivity index (χ4n) is 2.49. The van der Waals surface area contributed by atoms with Gasteiger partial charge in [-0.2, -0.15) is 0 Å². The number of halogens is 1. The molecule has 0 saturated carbocycles. The van der Waals surface area contributed by atoms with E-state index in [1.807, 2.05) is 6.92 Å². The molecule has 0 aromatic heterocycles. The van der Waals surface area contributed by atoms with Gasteiger partial charge in [-0.25, -0.2) is 4.39 Å². The Bertz CT molecular complexity index is 411. The number of rotatable bonds is 4. The van der Waals surface area contributed by atoms with Gasteiger partial charge < -0.3 is 15.0 Å². The van der Waals surface area contributed by atoms with E-state index < -0.39 is 0 Å². The molecule has 1 heterocycles. The zero-order chi connectivity index (χ0) is 13.7. The summed E-state index contributed by atoms with van der Waals surface area (Å²) in [5.41, 5.74) is 0.901. The number of hydrogen-bond donors (Lipinski definition) is 1. The van der Waals surface area contributed by atoms with Crippen molar-refractivity contribution in [2.45, 2.75) is 32.2 Å². The van der Waals surface area contributed by atoms with Crippen LogP contribution in [0, 0.1) is 5.82 Å². The quantitative estimate of drug-likeness (QED) is 0.906. The highest BCUT2D eigenvalue weighted by Crippen LogP contribution is 2.27. The Morgan fingerprint density at radius 1 is 1.37 bits per heavy atom. The van der Waals surface area contributed by atoms with Crippen molar-refractivity contribution >= 4 is 5.69 Å². The van der Waals surface area contributed by atoms with Gasteiger partial charge in [-0.1, -0.05) is 0 Å². The maximum absolute atomic E-state index is 13.3. The van der Waals surface area contributed by atoms with Crippen LogP contribution in [0.4, 0.5) is 10.1 Å². The highest BCUT2D eigenvalue weighted by molar-refractivity contribution is 5.57. The third-order valence-electron chi connectivity index (χ3n) is 3.55. The molecular weight excluding hydrogens is 243 g/mol. The molecule has 3 nitrogen and oxygen atoms in total. The van der Waals surface area contributed by atoms with Gasteiger partial charge >= 0.3 is 0 Å². The van der Waals surface area contributed by atoms with Crippen LogP contribution in [-0.4, -0.2) is 37.7 Å². The lowest BCUT2D eigenvalue weighted by Gasteiger charge is -2.20. The number of nitrogens with one attached hydrogen (secondary N) is 1. The molecule has 1 aliphatic rings. The summed E-state index contributed by atoms with van der Waals surface area (Å²) in [7, 11) is 2.16. The Morgan fingerprint density at radius 2 is 2.21 bits per heavy atom. The summed E-state index contributed by atoms with van der Waals surface area (Å²) in [5, 5.41) is 3.50. The van der Waals surface area contributed by atoms with E-state index in [9.17, 15) is 4.39 Å². The first-order chi connectivity index (χ1) is 9.19.